The summed E-state index contributed by atoms with van der Waals surface area (Å²) in [5, 5.41) is 15.3. The molecule has 0 spiro atoms. The number of nitrogens with zero attached hydrogens (tertiary/aromatic N) is 4. The van der Waals surface area contributed by atoms with E-state index >= 15 is 0 Å². The van der Waals surface area contributed by atoms with Crippen LogP contribution in [0.4, 0.5) is 0 Å². The molecular formula is C21H28N6. The number of aryl methyl sites for hydroxylation is 2. The zero-order valence-electron chi connectivity index (χ0n) is 16.3. The SMILES string of the molecule is CCNC(=NCCCc1nnc2ccccn12)NC(C)c1ccccc1C. The van der Waals surface area contributed by atoms with E-state index in [1.54, 1.807) is 0 Å². The second-order valence-corrected chi connectivity index (χ2v) is 6.63. The van der Waals surface area contributed by atoms with E-state index in [0.29, 0.717) is 0 Å². The molecule has 0 bridgehead atoms. The van der Waals surface area contributed by atoms with Crippen molar-refractivity contribution in [3.8, 4) is 0 Å². The van der Waals surface area contributed by atoms with Crippen molar-refractivity contribution in [1.29, 1.82) is 0 Å². The van der Waals surface area contributed by atoms with Crippen LogP contribution in [0.5, 0.6) is 0 Å². The third-order valence-electron chi connectivity index (χ3n) is 4.57. The minimum absolute atomic E-state index is 0.199. The number of benzene rings is 1. The number of pyridine rings is 1. The molecule has 6 heteroatoms. The Bertz CT molecular complexity index is 898. The number of nitrogens with one attached hydrogen (secondary N) is 2. The van der Waals surface area contributed by atoms with Crippen LogP contribution in [0.2, 0.25) is 0 Å². The summed E-state index contributed by atoms with van der Waals surface area (Å²) in [6, 6.07) is 14.6. The Hall–Kier alpha value is -2.89. The second kappa shape index (κ2) is 9.16. The first-order chi connectivity index (χ1) is 13.2. The Morgan fingerprint density at radius 1 is 1.15 bits per heavy atom. The van der Waals surface area contributed by atoms with Crippen molar-refractivity contribution in [2.75, 3.05) is 13.1 Å². The van der Waals surface area contributed by atoms with Crippen molar-refractivity contribution in [2.45, 2.75) is 39.7 Å². The molecule has 0 saturated carbocycles. The summed E-state index contributed by atoms with van der Waals surface area (Å²) in [4.78, 5) is 4.73. The molecule has 0 aliphatic heterocycles. The molecule has 0 radical (unpaired) electrons. The molecule has 142 valence electrons. The summed E-state index contributed by atoms with van der Waals surface area (Å²) < 4.78 is 2.04. The van der Waals surface area contributed by atoms with E-state index in [0.717, 1.165) is 43.4 Å². The smallest absolute Gasteiger partial charge is 0.191 e. The van der Waals surface area contributed by atoms with Gasteiger partial charge in [-0.25, -0.2) is 0 Å². The molecule has 1 aromatic carbocycles. The lowest BCUT2D eigenvalue weighted by Crippen LogP contribution is -2.39. The molecule has 3 aromatic rings. The van der Waals surface area contributed by atoms with Crippen molar-refractivity contribution < 1.29 is 0 Å². The van der Waals surface area contributed by atoms with Crippen LogP contribution in [0.3, 0.4) is 0 Å². The Morgan fingerprint density at radius 3 is 2.78 bits per heavy atom. The molecule has 6 nitrogen and oxygen atoms in total. The lowest BCUT2D eigenvalue weighted by molar-refractivity contribution is 0.677. The quantitative estimate of drug-likeness (QED) is 0.384. The number of rotatable bonds is 7. The van der Waals surface area contributed by atoms with Gasteiger partial charge in [0.05, 0.1) is 6.04 Å². The first kappa shape index (κ1) is 18.9. The van der Waals surface area contributed by atoms with Crippen molar-refractivity contribution in [3.63, 3.8) is 0 Å². The summed E-state index contributed by atoms with van der Waals surface area (Å²) in [6.45, 7) is 7.95. The monoisotopic (exact) mass is 364 g/mol. The maximum Gasteiger partial charge on any atom is 0.191 e. The van der Waals surface area contributed by atoms with Crippen molar-refractivity contribution in [3.05, 3.63) is 65.6 Å². The van der Waals surface area contributed by atoms with E-state index in [-0.39, 0.29) is 6.04 Å². The summed E-state index contributed by atoms with van der Waals surface area (Å²) >= 11 is 0. The van der Waals surface area contributed by atoms with E-state index in [4.69, 9.17) is 4.99 Å². The Morgan fingerprint density at radius 2 is 1.96 bits per heavy atom. The van der Waals surface area contributed by atoms with Crippen LogP contribution in [0.1, 0.15) is 43.3 Å². The van der Waals surface area contributed by atoms with Gasteiger partial charge in [0.15, 0.2) is 11.6 Å². The average Bonchev–Trinajstić information content (AvgIpc) is 3.09. The normalized spacial score (nSPS) is 12.9. The fraction of sp³-hybridized carbons (Fsp3) is 0.381. The molecule has 0 aliphatic carbocycles. The van der Waals surface area contributed by atoms with Gasteiger partial charge in [0, 0.05) is 25.7 Å². The van der Waals surface area contributed by atoms with Crippen LogP contribution in [0, 0.1) is 6.92 Å². The molecule has 0 aliphatic rings. The number of aromatic nitrogens is 3. The van der Waals surface area contributed by atoms with E-state index in [1.165, 1.54) is 11.1 Å². The first-order valence-electron chi connectivity index (χ1n) is 9.58. The molecule has 0 fully saturated rings. The van der Waals surface area contributed by atoms with Gasteiger partial charge in [-0.3, -0.25) is 9.39 Å². The highest BCUT2D eigenvalue weighted by Crippen LogP contribution is 2.16. The molecule has 0 saturated heterocycles. The van der Waals surface area contributed by atoms with Crippen LogP contribution in [-0.2, 0) is 6.42 Å². The van der Waals surface area contributed by atoms with Gasteiger partial charge in [-0.1, -0.05) is 30.3 Å². The van der Waals surface area contributed by atoms with Gasteiger partial charge in [-0.15, -0.1) is 10.2 Å². The van der Waals surface area contributed by atoms with E-state index in [2.05, 4.69) is 65.9 Å². The van der Waals surface area contributed by atoms with Crippen LogP contribution in [0.15, 0.2) is 53.7 Å². The van der Waals surface area contributed by atoms with Gasteiger partial charge in [0.25, 0.3) is 0 Å². The molecule has 2 heterocycles. The summed E-state index contributed by atoms with van der Waals surface area (Å²) in [5.74, 6) is 1.83. The first-order valence-corrected chi connectivity index (χ1v) is 9.58. The van der Waals surface area contributed by atoms with Crippen molar-refractivity contribution in [2.24, 2.45) is 4.99 Å². The minimum Gasteiger partial charge on any atom is -0.357 e. The van der Waals surface area contributed by atoms with Gasteiger partial charge in [0.1, 0.15) is 5.82 Å². The van der Waals surface area contributed by atoms with E-state index in [9.17, 15) is 0 Å². The van der Waals surface area contributed by atoms with Crippen LogP contribution < -0.4 is 10.6 Å². The zero-order chi connectivity index (χ0) is 19.1. The van der Waals surface area contributed by atoms with Crippen LogP contribution >= 0.6 is 0 Å². The maximum atomic E-state index is 4.73. The number of guanidine groups is 1. The van der Waals surface area contributed by atoms with Crippen molar-refractivity contribution in [1.82, 2.24) is 25.2 Å². The van der Waals surface area contributed by atoms with E-state index in [1.807, 2.05) is 28.8 Å². The predicted octanol–water partition coefficient (Wildman–Crippen LogP) is 3.29. The van der Waals surface area contributed by atoms with Crippen molar-refractivity contribution >= 4 is 11.6 Å². The third-order valence-corrected chi connectivity index (χ3v) is 4.57. The largest absolute Gasteiger partial charge is 0.357 e. The van der Waals surface area contributed by atoms with E-state index < -0.39 is 0 Å². The lowest BCUT2D eigenvalue weighted by atomic mass is 10.0. The molecule has 0 amide bonds. The highest BCUT2D eigenvalue weighted by Gasteiger charge is 2.10. The highest BCUT2D eigenvalue weighted by molar-refractivity contribution is 5.80. The number of hydrogen-bond acceptors (Lipinski definition) is 3. The zero-order valence-corrected chi connectivity index (χ0v) is 16.3. The molecule has 1 unspecified atom stereocenters. The summed E-state index contributed by atoms with van der Waals surface area (Å²) in [6.07, 6.45) is 3.77. The van der Waals surface area contributed by atoms with Gasteiger partial charge in [0.2, 0.25) is 0 Å². The fourth-order valence-corrected chi connectivity index (χ4v) is 3.16. The van der Waals surface area contributed by atoms with Gasteiger partial charge in [-0.05, 0) is 50.5 Å². The standard InChI is InChI=1S/C21H28N6/c1-4-22-21(24-17(3)18-11-6-5-10-16(18)2)23-14-9-13-20-26-25-19-12-7-8-15-27(19)20/h5-8,10-12,15,17H,4,9,13-14H2,1-3H3,(H2,22,23,24). The van der Waals surface area contributed by atoms with Gasteiger partial charge in [-0.2, -0.15) is 0 Å². The van der Waals surface area contributed by atoms with Crippen LogP contribution in [-0.4, -0.2) is 33.6 Å². The third kappa shape index (κ3) is 4.84. The summed E-state index contributed by atoms with van der Waals surface area (Å²) in [5.41, 5.74) is 3.46. The predicted molar refractivity (Wildman–Crippen MR) is 110 cm³/mol. The molecule has 1 atom stereocenters. The second-order valence-electron chi connectivity index (χ2n) is 6.63. The number of hydrogen-bond donors (Lipinski definition) is 2. The number of aliphatic imine (C=N–C) groups is 1. The molecular weight excluding hydrogens is 336 g/mol. The molecule has 2 aromatic heterocycles. The van der Waals surface area contributed by atoms with Crippen LogP contribution in [0.25, 0.3) is 5.65 Å². The Kier molecular flexibility index (Phi) is 6.41. The topological polar surface area (TPSA) is 66.6 Å². The summed E-state index contributed by atoms with van der Waals surface area (Å²) in [7, 11) is 0. The Balaban J connectivity index is 1.58. The Labute approximate surface area is 160 Å². The average molecular weight is 364 g/mol. The number of fused-ring (bicyclic) bond motifs is 1. The lowest BCUT2D eigenvalue weighted by Gasteiger charge is -2.19. The molecule has 27 heavy (non-hydrogen) atoms. The molecule has 2 N–H and O–H groups in total. The highest BCUT2D eigenvalue weighted by atomic mass is 15.2. The minimum atomic E-state index is 0.199. The van der Waals surface area contributed by atoms with Gasteiger partial charge < -0.3 is 10.6 Å². The maximum absolute atomic E-state index is 4.73. The van der Waals surface area contributed by atoms with Gasteiger partial charge >= 0.3 is 0 Å². The fourth-order valence-electron chi connectivity index (χ4n) is 3.16. The molecule has 3 rings (SSSR count).